The van der Waals surface area contributed by atoms with Crippen molar-refractivity contribution in [2.24, 2.45) is 0 Å². The van der Waals surface area contributed by atoms with E-state index < -0.39 is 0 Å². The van der Waals surface area contributed by atoms with Gasteiger partial charge in [0.1, 0.15) is 0 Å². The second-order valence-electron chi connectivity index (χ2n) is 2.90. The molecule has 1 aromatic rings. The summed E-state index contributed by atoms with van der Waals surface area (Å²) in [6.45, 7) is 2.16. The van der Waals surface area contributed by atoms with Gasteiger partial charge in [0.25, 0.3) is 0 Å². The van der Waals surface area contributed by atoms with E-state index in [0.717, 1.165) is 6.42 Å². The van der Waals surface area contributed by atoms with Crippen molar-refractivity contribution < 1.29 is 0 Å². The quantitative estimate of drug-likeness (QED) is 0.614. The molecule has 0 fully saturated rings. The first-order chi connectivity index (χ1) is 5.27. The predicted molar refractivity (Wildman–Crippen MR) is 51.6 cm³/mol. The van der Waals surface area contributed by atoms with Crippen LogP contribution in [-0.2, 0) is 6.42 Å². The molecule has 56 valence electrons. The van der Waals surface area contributed by atoms with Crippen molar-refractivity contribution in [2.45, 2.75) is 13.3 Å². The highest BCUT2D eigenvalue weighted by atomic mass is 79.9. The third-order valence-electron chi connectivity index (χ3n) is 2.09. The topological polar surface area (TPSA) is 0 Å². The smallest absolute Gasteiger partial charge is 0.0184 e. The Labute approximate surface area is 75.1 Å². The molecule has 1 aliphatic rings. The summed E-state index contributed by atoms with van der Waals surface area (Å²) in [5, 5.41) is 0. The molecule has 1 aliphatic carbocycles. The average Bonchev–Trinajstić information content (AvgIpc) is 2.34. The van der Waals surface area contributed by atoms with Crippen LogP contribution >= 0.6 is 15.9 Å². The van der Waals surface area contributed by atoms with Gasteiger partial charge in [-0.15, -0.1) is 0 Å². The van der Waals surface area contributed by atoms with Gasteiger partial charge in [0.2, 0.25) is 0 Å². The minimum absolute atomic E-state index is 1.11. The van der Waals surface area contributed by atoms with E-state index in [1.165, 1.54) is 21.2 Å². The second-order valence-corrected chi connectivity index (χ2v) is 3.81. The Balaban J connectivity index is 2.66. The Hall–Kier alpha value is -0.560. The van der Waals surface area contributed by atoms with Crippen molar-refractivity contribution >= 4 is 22.0 Å². The molecule has 0 aliphatic heterocycles. The van der Waals surface area contributed by atoms with Crippen LogP contribution in [0.25, 0.3) is 6.08 Å². The molecule has 2 rings (SSSR count). The molecule has 0 aromatic heterocycles. The highest BCUT2D eigenvalue weighted by Crippen LogP contribution is 2.26. The van der Waals surface area contributed by atoms with E-state index in [1.54, 1.807) is 0 Å². The summed E-state index contributed by atoms with van der Waals surface area (Å²) in [7, 11) is 0. The minimum Gasteiger partial charge on any atom is -0.0795 e. The summed E-state index contributed by atoms with van der Waals surface area (Å²) in [5.74, 6) is 0. The molecule has 0 bridgehead atoms. The van der Waals surface area contributed by atoms with Gasteiger partial charge in [-0.25, -0.2) is 0 Å². The molecule has 0 spiro atoms. The van der Waals surface area contributed by atoms with Crippen LogP contribution in [0.5, 0.6) is 0 Å². The number of rotatable bonds is 0. The number of allylic oxidation sites excluding steroid dienone is 1. The van der Waals surface area contributed by atoms with Gasteiger partial charge in [0.05, 0.1) is 0 Å². The van der Waals surface area contributed by atoms with E-state index in [4.69, 9.17) is 0 Å². The average molecular weight is 209 g/mol. The summed E-state index contributed by atoms with van der Waals surface area (Å²) in [6.07, 6.45) is 5.51. The molecule has 0 unspecified atom stereocenters. The van der Waals surface area contributed by atoms with Crippen LogP contribution in [0.1, 0.15) is 16.7 Å². The molecule has 0 heterocycles. The summed E-state index contributed by atoms with van der Waals surface area (Å²) < 4.78 is 1.18. The molecule has 0 saturated carbocycles. The minimum atomic E-state index is 1.11. The second kappa shape index (κ2) is 2.49. The third-order valence-corrected chi connectivity index (χ3v) is 2.55. The number of hydrogen-bond donors (Lipinski definition) is 0. The van der Waals surface area contributed by atoms with Crippen LogP contribution in [-0.4, -0.2) is 0 Å². The lowest BCUT2D eigenvalue weighted by Crippen LogP contribution is -1.86. The van der Waals surface area contributed by atoms with Crippen molar-refractivity contribution in [3.05, 3.63) is 39.4 Å². The zero-order valence-corrected chi connectivity index (χ0v) is 7.98. The first-order valence-corrected chi connectivity index (χ1v) is 4.52. The van der Waals surface area contributed by atoms with Gasteiger partial charge in [-0.05, 0) is 42.2 Å². The lowest BCUT2D eigenvalue weighted by Gasteiger charge is -2.03. The molecule has 1 heteroatoms. The van der Waals surface area contributed by atoms with Crippen LogP contribution in [0, 0.1) is 6.92 Å². The Morgan fingerprint density at radius 2 is 2.18 bits per heavy atom. The molecule has 11 heavy (non-hydrogen) atoms. The number of aryl methyl sites for hydroxylation is 1. The van der Waals surface area contributed by atoms with E-state index in [0.29, 0.717) is 0 Å². The van der Waals surface area contributed by atoms with Crippen molar-refractivity contribution in [2.75, 3.05) is 0 Å². The number of fused-ring (bicyclic) bond motifs is 1. The van der Waals surface area contributed by atoms with E-state index in [1.807, 2.05) is 0 Å². The van der Waals surface area contributed by atoms with Gasteiger partial charge in [0.15, 0.2) is 0 Å². The molecule has 0 radical (unpaired) electrons. The van der Waals surface area contributed by atoms with Crippen LogP contribution in [0.2, 0.25) is 0 Å². The van der Waals surface area contributed by atoms with E-state index in [2.05, 4.69) is 47.1 Å². The molecule has 0 nitrogen and oxygen atoms in total. The van der Waals surface area contributed by atoms with Gasteiger partial charge >= 0.3 is 0 Å². The monoisotopic (exact) mass is 208 g/mol. The van der Waals surface area contributed by atoms with Gasteiger partial charge in [-0.1, -0.05) is 28.1 Å². The fourth-order valence-electron chi connectivity index (χ4n) is 1.53. The zero-order valence-electron chi connectivity index (χ0n) is 6.39. The molecule has 0 N–H and O–H groups in total. The summed E-state index contributed by atoms with van der Waals surface area (Å²) in [4.78, 5) is 0. The Kier molecular flexibility index (Phi) is 1.61. The van der Waals surface area contributed by atoms with Crippen molar-refractivity contribution in [1.29, 1.82) is 0 Å². The van der Waals surface area contributed by atoms with E-state index >= 15 is 0 Å². The lowest BCUT2D eigenvalue weighted by atomic mass is 10.0. The van der Waals surface area contributed by atoms with E-state index in [9.17, 15) is 0 Å². The number of halogens is 1. The summed E-state index contributed by atoms with van der Waals surface area (Å²) >= 11 is 3.48. The van der Waals surface area contributed by atoms with Gasteiger partial charge in [0, 0.05) is 4.47 Å². The standard InChI is InChI=1S/C10H9Br/c1-7-5-9(11)6-8-3-2-4-10(7)8/h2-3,5-6H,4H2,1H3. The molecule has 1 aromatic carbocycles. The normalized spacial score (nSPS) is 13.6. The fraction of sp³-hybridized carbons (Fsp3) is 0.200. The molecular formula is C10H9Br. The fourth-order valence-corrected chi connectivity index (χ4v) is 2.12. The molecule has 0 amide bonds. The lowest BCUT2D eigenvalue weighted by molar-refractivity contribution is 1.24. The van der Waals surface area contributed by atoms with Gasteiger partial charge in [-0.3, -0.25) is 0 Å². The number of hydrogen-bond acceptors (Lipinski definition) is 0. The molecular weight excluding hydrogens is 200 g/mol. The third kappa shape index (κ3) is 1.14. The maximum Gasteiger partial charge on any atom is 0.0184 e. The van der Waals surface area contributed by atoms with Crippen LogP contribution in [0.3, 0.4) is 0 Å². The van der Waals surface area contributed by atoms with Crippen molar-refractivity contribution in [3.8, 4) is 0 Å². The Morgan fingerprint density at radius 3 is 3.00 bits per heavy atom. The van der Waals surface area contributed by atoms with Crippen LogP contribution in [0.15, 0.2) is 22.7 Å². The van der Waals surface area contributed by atoms with Crippen LogP contribution in [0.4, 0.5) is 0 Å². The highest BCUT2D eigenvalue weighted by Gasteiger charge is 2.07. The zero-order chi connectivity index (χ0) is 7.84. The van der Waals surface area contributed by atoms with E-state index in [-0.39, 0.29) is 0 Å². The largest absolute Gasteiger partial charge is 0.0795 e. The predicted octanol–water partition coefficient (Wildman–Crippen LogP) is 3.33. The van der Waals surface area contributed by atoms with Gasteiger partial charge in [-0.2, -0.15) is 0 Å². The van der Waals surface area contributed by atoms with Crippen molar-refractivity contribution in [3.63, 3.8) is 0 Å². The maximum atomic E-state index is 3.48. The van der Waals surface area contributed by atoms with Crippen LogP contribution < -0.4 is 0 Å². The molecule has 0 atom stereocenters. The number of benzene rings is 1. The SMILES string of the molecule is Cc1cc(Br)cc2c1CC=C2. The first kappa shape index (κ1) is 7.11. The summed E-state index contributed by atoms with van der Waals surface area (Å²) in [5.41, 5.74) is 4.24. The summed E-state index contributed by atoms with van der Waals surface area (Å²) in [6, 6.07) is 4.34. The van der Waals surface area contributed by atoms with Gasteiger partial charge < -0.3 is 0 Å². The highest BCUT2D eigenvalue weighted by molar-refractivity contribution is 9.10. The Morgan fingerprint density at radius 1 is 1.36 bits per heavy atom. The Bertz CT molecular complexity index is 324. The molecule has 0 saturated heterocycles. The maximum absolute atomic E-state index is 3.48. The first-order valence-electron chi connectivity index (χ1n) is 3.73. The van der Waals surface area contributed by atoms with Crippen molar-refractivity contribution in [1.82, 2.24) is 0 Å².